The predicted molar refractivity (Wildman–Crippen MR) is 96.8 cm³/mol. The van der Waals surface area contributed by atoms with Crippen molar-refractivity contribution in [3.8, 4) is 0 Å². The van der Waals surface area contributed by atoms with Crippen LogP contribution < -0.4 is 5.32 Å². The van der Waals surface area contributed by atoms with Crippen molar-refractivity contribution in [3.05, 3.63) is 66.0 Å². The van der Waals surface area contributed by atoms with Crippen LogP contribution in [0.2, 0.25) is 0 Å². The average Bonchev–Trinajstić information content (AvgIpc) is 2.95. The summed E-state index contributed by atoms with van der Waals surface area (Å²) in [6.45, 7) is 6.26. The number of benzene rings is 2. The molecule has 4 heteroatoms. The molecule has 0 fully saturated rings. The summed E-state index contributed by atoms with van der Waals surface area (Å²) in [7, 11) is 0. The SMILES string of the molecule is CC(C)n1c([C@H](C)NC(=O)Cc2ccccc2)nc2ccccc21. The predicted octanol–water partition coefficient (Wildman–Crippen LogP) is 4.04. The Labute approximate surface area is 142 Å². The van der Waals surface area contributed by atoms with Crippen molar-refractivity contribution < 1.29 is 4.79 Å². The molecule has 0 spiro atoms. The standard InChI is InChI=1S/C20H23N3O/c1-14(2)23-18-12-8-7-11-17(18)22-20(23)15(3)21-19(24)13-16-9-5-4-6-10-16/h4-12,14-15H,13H2,1-3H3,(H,21,24)/t15-/m0/s1. The first-order valence-corrected chi connectivity index (χ1v) is 8.36. The van der Waals surface area contributed by atoms with Gasteiger partial charge >= 0.3 is 0 Å². The third kappa shape index (κ3) is 3.32. The van der Waals surface area contributed by atoms with Crippen molar-refractivity contribution in [1.82, 2.24) is 14.9 Å². The van der Waals surface area contributed by atoms with E-state index in [2.05, 4.69) is 29.8 Å². The maximum atomic E-state index is 12.3. The Balaban J connectivity index is 1.82. The monoisotopic (exact) mass is 321 g/mol. The number of imidazole rings is 1. The molecule has 1 amide bonds. The molecule has 0 saturated carbocycles. The van der Waals surface area contributed by atoms with E-state index >= 15 is 0 Å². The molecule has 124 valence electrons. The van der Waals surface area contributed by atoms with Gasteiger partial charge in [-0.15, -0.1) is 0 Å². The highest BCUT2D eigenvalue weighted by Gasteiger charge is 2.19. The first kappa shape index (κ1) is 16.2. The first-order valence-electron chi connectivity index (χ1n) is 8.36. The van der Waals surface area contributed by atoms with Gasteiger partial charge in [0.1, 0.15) is 5.82 Å². The van der Waals surface area contributed by atoms with Crippen molar-refractivity contribution in [2.75, 3.05) is 0 Å². The van der Waals surface area contributed by atoms with E-state index in [1.54, 1.807) is 0 Å². The Morgan fingerprint density at radius 1 is 1.04 bits per heavy atom. The molecular weight excluding hydrogens is 298 g/mol. The van der Waals surface area contributed by atoms with E-state index in [4.69, 9.17) is 4.98 Å². The third-order valence-corrected chi connectivity index (χ3v) is 4.11. The van der Waals surface area contributed by atoms with Gasteiger partial charge in [-0.05, 0) is 38.5 Å². The van der Waals surface area contributed by atoms with Gasteiger partial charge in [0.05, 0.1) is 23.5 Å². The number of carbonyl (C=O) groups excluding carboxylic acids is 1. The summed E-state index contributed by atoms with van der Waals surface area (Å²) < 4.78 is 2.20. The molecule has 0 aliphatic carbocycles. The van der Waals surface area contributed by atoms with Crippen LogP contribution in [0.15, 0.2) is 54.6 Å². The lowest BCUT2D eigenvalue weighted by molar-refractivity contribution is -0.121. The van der Waals surface area contributed by atoms with Gasteiger partial charge in [0.15, 0.2) is 0 Å². The molecule has 2 aromatic carbocycles. The van der Waals surface area contributed by atoms with Gasteiger partial charge in [-0.1, -0.05) is 42.5 Å². The lowest BCUT2D eigenvalue weighted by Gasteiger charge is -2.18. The lowest BCUT2D eigenvalue weighted by atomic mass is 10.1. The van der Waals surface area contributed by atoms with Crippen molar-refractivity contribution in [2.45, 2.75) is 39.3 Å². The normalized spacial score (nSPS) is 12.5. The number of carbonyl (C=O) groups is 1. The zero-order chi connectivity index (χ0) is 17.1. The molecule has 1 N–H and O–H groups in total. The summed E-state index contributed by atoms with van der Waals surface area (Å²) >= 11 is 0. The molecule has 0 aliphatic heterocycles. The fraction of sp³-hybridized carbons (Fsp3) is 0.300. The molecule has 24 heavy (non-hydrogen) atoms. The van der Waals surface area contributed by atoms with Gasteiger partial charge in [0, 0.05) is 6.04 Å². The number of para-hydroxylation sites is 2. The number of fused-ring (bicyclic) bond motifs is 1. The molecule has 3 rings (SSSR count). The minimum Gasteiger partial charge on any atom is -0.346 e. The van der Waals surface area contributed by atoms with Crippen molar-refractivity contribution in [1.29, 1.82) is 0 Å². The minimum atomic E-state index is -0.143. The maximum Gasteiger partial charge on any atom is 0.224 e. The van der Waals surface area contributed by atoms with E-state index in [-0.39, 0.29) is 18.0 Å². The molecule has 0 radical (unpaired) electrons. The number of hydrogen-bond acceptors (Lipinski definition) is 2. The Bertz CT molecular complexity index is 836. The Morgan fingerprint density at radius 2 is 1.71 bits per heavy atom. The van der Waals surface area contributed by atoms with Crippen LogP contribution in [0.5, 0.6) is 0 Å². The van der Waals surface area contributed by atoms with Crippen LogP contribution in [0.25, 0.3) is 11.0 Å². The highest BCUT2D eigenvalue weighted by atomic mass is 16.1. The van der Waals surface area contributed by atoms with Crippen molar-refractivity contribution in [2.24, 2.45) is 0 Å². The van der Waals surface area contributed by atoms with Crippen molar-refractivity contribution in [3.63, 3.8) is 0 Å². The van der Waals surface area contributed by atoms with Gasteiger partial charge in [-0.2, -0.15) is 0 Å². The zero-order valence-electron chi connectivity index (χ0n) is 14.4. The fourth-order valence-electron chi connectivity index (χ4n) is 3.05. The number of rotatable bonds is 5. The van der Waals surface area contributed by atoms with Crippen LogP contribution in [0, 0.1) is 0 Å². The van der Waals surface area contributed by atoms with Gasteiger partial charge in [0.2, 0.25) is 5.91 Å². The van der Waals surface area contributed by atoms with Crippen LogP contribution in [0.3, 0.4) is 0 Å². The summed E-state index contributed by atoms with van der Waals surface area (Å²) in [5.74, 6) is 0.906. The fourth-order valence-corrected chi connectivity index (χ4v) is 3.05. The summed E-state index contributed by atoms with van der Waals surface area (Å²) in [5.41, 5.74) is 3.08. The van der Waals surface area contributed by atoms with Crippen LogP contribution in [0.1, 0.15) is 44.2 Å². The lowest BCUT2D eigenvalue weighted by Crippen LogP contribution is -2.30. The summed E-state index contributed by atoms with van der Waals surface area (Å²) in [6, 6.07) is 18.0. The van der Waals surface area contributed by atoms with E-state index in [0.717, 1.165) is 22.4 Å². The van der Waals surface area contributed by atoms with Crippen LogP contribution in [-0.2, 0) is 11.2 Å². The van der Waals surface area contributed by atoms with Crippen molar-refractivity contribution >= 4 is 16.9 Å². The van der Waals surface area contributed by atoms with E-state index in [1.807, 2.05) is 55.5 Å². The number of nitrogens with one attached hydrogen (secondary N) is 1. The van der Waals surface area contributed by atoms with Gasteiger partial charge in [-0.3, -0.25) is 4.79 Å². The first-order chi connectivity index (χ1) is 11.6. The Kier molecular flexibility index (Phi) is 4.65. The molecule has 1 aromatic heterocycles. The third-order valence-electron chi connectivity index (χ3n) is 4.11. The summed E-state index contributed by atoms with van der Waals surface area (Å²) in [5, 5.41) is 3.08. The topological polar surface area (TPSA) is 46.9 Å². The largest absolute Gasteiger partial charge is 0.346 e. The van der Waals surface area contributed by atoms with Gasteiger partial charge in [0.25, 0.3) is 0 Å². The summed E-state index contributed by atoms with van der Waals surface area (Å²) in [4.78, 5) is 17.1. The quantitative estimate of drug-likeness (QED) is 0.771. The van der Waals surface area contributed by atoms with E-state index in [1.165, 1.54) is 0 Å². The highest BCUT2D eigenvalue weighted by molar-refractivity contribution is 5.79. The van der Waals surface area contributed by atoms with E-state index in [9.17, 15) is 4.79 Å². The second-order valence-corrected chi connectivity index (χ2v) is 6.37. The molecule has 3 aromatic rings. The molecular formula is C20H23N3O. The number of amides is 1. The maximum absolute atomic E-state index is 12.3. The number of nitrogens with zero attached hydrogens (tertiary/aromatic N) is 2. The van der Waals surface area contributed by atoms with Gasteiger partial charge in [-0.25, -0.2) is 4.98 Å². The Morgan fingerprint density at radius 3 is 2.42 bits per heavy atom. The molecule has 1 atom stereocenters. The van der Waals surface area contributed by atoms with Crippen LogP contribution in [-0.4, -0.2) is 15.5 Å². The zero-order valence-corrected chi connectivity index (χ0v) is 14.4. The Hall–Kier alpha value is -2.62. The van der Waals surface area contributed by atoms with Gasteiger partial charge < -0.3 is 9.88 Å². The minimum absolute atomic E-state index is 0.0102. The smallest absolute Gasteiger partial charge is 0.224 e. The molecule has 0 saturated heterocycles. The molecule has 0 unspecified atom stereocenters. The molecule has 4 nitrogen and oxygen atoms in total. The molecule has 0 aliphatic rings. The second-order valence-electron chi connectivity index (χ2n) is 6.37. The van der Waals surface area contributed by atoms with E-state index in [0.29, 0.717) is 6.42 Å². The molecule has 0 bridgehead atoms. The summed E-state index contributed by atoms with van der Waals surface area (Å²) in [6.07, 6.45) is 0.382. The number of aromatic nitrogens is 2. The number of hydrogen-bond donors (Lipinski definition) is 1. The highest BCUT2D eigenvalue weighted by Crippen LogP contribution is 2.24. The van der Waals surface area contributed by atoms with E-state index < -0.39 is 0 Å². The second kappa shape index (κ2) is 6.87. The molecule has 1 heterocycles. The van der Waals surface area contributed by atoms with Crippen LogP contribution >= 0.6 is 0 Å². The van der Waals surface area contributed by atoms with Crippen LogP contribution in [0.4, 0.5) is 0 Å². The average molecular weight is 321 g/mol.